The molecule has 4 rings (SSSR count). The van der Waals surface area contributed by atoms with Crippen LogP contribution in [0.3, 0.4) is 0 Å². The van der Waals surface area contributed by atoms with E-state index < -0.39 is 58.2 Å². The first-order chi connectivity index (χ1) is 16.0. The highest BCUT2D eigenvalue weighted by atomic mass is 19.4. The molecule has 2 fully saturated rings. The van der Waals surface area contributed by atoms with Crippen LogP contribution in [0.5, 0.6) is 0 Å². The highest BCUT2D eigenvalue weighted by molar-refractivity contribution is 6.03. The fraction of sp³-hybridized carbons (Fsp3) is 0.333. The van der Waals surface area contributed by atoms with E-state index in [1.165, 1.54) is 24.3 Å². The molecule has 0 aromatic heterocycles. The van der Waals surface area contributed by atoms with Gasteiger partial charge in [0.2, 0.25) is 5.91 Å². The monoisotopic (exact) mass is 473 g/mol. The molecule has 0 radical (unpaired) electrons. The maximum absolute atomic E-state index is 13.4. The van der Waals surface area contributed by atoms with Gasteiger partial charge in [-0.05, 0) is 49.6 Å². The molecule has 0 bridgehead atoms. The lowest BCUT2D eigenvalue weighted by Crippen LogP contribution is -2.49. The first-order valence-electron chi connectivity index (χ1n) is 10.5. The van der Waals surface area contributed by atoms with Crippen molar-refractivity contribution in [2.45, 2.75) is 37.0 Å². The second kappa shape index (κ2) is 8.56. The van der Waals surface area contributed by atoms with Gasteiger partial charge in [-0.1, -0.05) is 18.2 Å². The van der Waals surface area contributed by atoms with Gasteiger partial charge in [0.05, 0.1) is 11.6 Å². The number of nitrogens with zero attached hydrogens (tertiary/aromatic N) is 2. The van der Waals surface area contributed by atoms with Gasteiger partial charge in [0.25, 0.3) is 5.91 Å². The van der Waals surface area contributed by atoms with Crippen molar-refractivity contribution in [1.82, 2.24) is 10.2 Å². The zero-order chi connectivity index (χ0) is 24.7. The fourth-order valence-electron chi connectivity index (χ4n) is 4.13. The second-order valence-corrected chi connectivity index (χ2v) is 8.50. The highest BCUT2D eigenvalue weighted by Crippen LogP contribution is 2.37. The molecule has 1 aliphatic carbocycles. The Labute approximate surface area is 192 Å². The Kier molecular flexibility index (Phi) is 5.89. The maximum Gasteiger partial charge on any atom is 0.417 e. The highest BCUT2D eigenvalue weighted by Gasteiger charge is 2.49. The molecule has 1 N–H and O–H groups in total. The van der Waals surface area contributed by atoms with Crippen LogP contribution in [0.1, 0.15) is 45.5 Å². The lowest BCUT2D eigenvalue weighted by Gasteiger charge is -2.25. The zero-order valence-corrected chi connectivity index (χ0v) is 17.7. The number of amides is 2. The number of nitrogens with one attached hydrogen (secondary N) is 1. The molecule has 1 aliphatic heterocycles. The molecule has 2 aromatic rings. The quantitative estimate of drug-likeness (QED) is 0.529. The van der Waals surface area contributed by atoms with Crippen LogP contribution in [0.25, 0.3) is 0 Å². The van der Waals surface area contributed by atoms with Crippen molar-refractivity contribution >= 4 is 17.6 Å². The van der Waals surface area contributed by atoms with Crippen molar-refractivity contribution in [2.75, 3.05) is 6.54 Å². The summed E-state index contributed by atoms with van der Waals surface area (Å²) in [7, 11) is 0. The van der Waals surface area contributed by atoms with Crippen LogP contribution >= 0.6 is 0 Å². The Balaban J connectivity index is 1.64. The number of benzene rings is 2. The molecule has 10 heteroatoms. The topological polar surface area (TPSA) is 90.3 Å². The Hall–Kier alpha value is -3.74. The SMILES string of the molecule is N#CC1(NC(=O)C2CC(C(=O)c3ccccc3C(F)(F)F)CN2C(=O)c2ccc(F)cc2)CC1. The zero-order valence-electron chi connectivity index (χ0n) is 17.7. The van der Waals surface area contributed by atoms with Crippen LogP contribution in [-0.4, -0.2) is 40.6 Å². The average Bonchev–Trinajstić information content (AvgIpc) is 3.44. The molecular formula is C24H19F4N3O3. The first kappa shape index (κ1) is 23.4. The Morgan fingerprint density at radius 1 is 1.06 bits per heavy atom. The number of Topliss-reactive ketones (excluding diaryl/α,β-unsaturated/α-hetero) is 1. The van der Waals surface area contributed by atoms with Gasteiger partial charge in [0, 0.05) is 23.6 Å². The third-order valence-electron chi connectivity index (χ3n) is 6.15. The molecule has 1 heterocycles. The summed E-state index contributed by atoms with van der Waals surface area (Å²) in [5.41, 5.74) is -2.60. The van der Waals surface area contributed by atoms with Crippen LogP contribution < -0.4 is 5.32 Å². The molecule has 2 atom stereocenters. The van der Waals surface area contributed by atoms with Gasteiger partial charge in [-0.2, -0.15) is 18.4 Å². The van der Waals surface area contributed by atoms with Gasteiger partial charge in [0.1, 0.15) is 17.4 Å². The summed E-state index contributed by atoms with van der Waals surface area (Å²) >= 11 is 0. The maximum atomic E-state index is 13.4. The number of hydrogen-bond acceptors (Lipinski definition) is 4. The lowest BCUT2D eigenvalue weighted by atomic mass is 9.92. The van der Waals surface area contributed by atoms with E-state index in [2.05, 4.69) is 5.32 Å². The van der Waals surface area contributed by atoms with E-state index in [0.29, 0.717) is 12.8 Å². The number of rotatable bonds is 5. The number of nitriles is 1. The van der Waals surface area contributed by atoms with Crippen molar-refractivity contribution in [1.29, 1.82) is 5.26 Å². The van der Waals surface area contributed by atoms with Crippen molar-refractivity contribution in [3.8, 4) is 6.07 Å². The minimum absolute atomic E-state index is 0.0596. The van der Waals surface area contributed by atoms with Gasteiger partial charge >= 0.3 is 6.18 Å². The molecule has 2 unspecified atom stereocenters. The Bertz CT molecular complexity index is 1180. The van der Waals surface area contributed by atoms with Gasteiger partial charge in [0.15, 0.2) is 5.78 Å². The summed E-state index contributed by atoms with van der Waals surface area (Å²) in [5, 5.41) is 11.9. The van der Waals surface area contributed by atoms with E-state index >= 15 is 0 Å². The summed E-state index contributed by atoms with van der Waals surface area (Å²) in [6, 6.07) is 9.76. The smallest absolute Gasteiger partial charge is 0.336 e. The largest absolute Gasteiger partial charge is 0.417 e. The van der Waals surface area contributed by atoms with Crippen LogP contribution in [0, 0.1) is 23.1 Å². The fourth-order valence-corrected chi connectivity index (χ4v) is 4.13. The van der Waals surface area contributed by atoms with E-state index in [4.69, 9.17) is 0 Å². The van der Waals surface area contributed by atoms with Crippen LogP contribution in [0.4, 0.5) is 17.6 Å². The van der Waals surface area contributed by atoms with E-state index in [1.807, 2.05) is 6.07 Å². The molecule has 1 saturated carbocycles. The van der Waals surface area contributed by atoms with E-state index in [0.717, 1.165) is 29.2 Å². The van der Waals surface area contributed by atoms with Gasteiger partial charge < -0.3 is 10.2 Å². The number of hydrogen-bond donors (Lipinski definition) is 1. The molecule has 0 spiro atoms. The standard InChI is InChI=1S/C24H19F4N3O3/c25-16-7-5-14(6-8-16)22(34)31-12-15(11-19(31)21(33)30-23(13-29)9-10-23)20(32)17-3-1-2-4-18(17)24(26,27)28/h1-8,15,19H,9-12H2,(H,30,33). The molecule has 2 aliphatic rings. The number of carbonyl (C=O) groups excluding carboxylic acids is 3. The lowest BCUT2D eigenvalue weighted by molar-refractivity contribution is -0.138. The molecule has 2 amide bonds. The third-order valence-corrected chi connectivity index (χ3v) is 6.15. The second-order valence-electron chi connectivity index (χ2n) is 8.50. The molecule has 1 saturated heterocycles. The molecule has 176 valence electrons. The van der Waals surface area contributed by atoms with Gasteiger partial charge in [-0.25, -0.2) is 4.39 Å². The molecule has 2 aromatic carbocycles. The van der Waals surface area contributed by atoms with Crippen molar-refractivity contribution in [3.63, 3.8) is 0 Å². The number of ketones is 1. The summed E-state index contributed by atoms with van der Waals surface area (Å²) in [5.74, 6) is -3.80. The Morgan fingerprint density at radius 2 is 1.71 bits per heavy atom. The van der Waals surface area contributed by atoms with Crippen molar-refractivity contribution < 1.29 is 31.9 Å². The summed E-state index contributed by atoms with van der Waals surface area (Å²) in [6.07, 6.45) is -4.08. The summed E-state index contributed by atoms with van der Waals surface area (Å²) in [6.45, 7) is -0.293. The van der Waals surface area contributed by atoms with Crippen molar-refractivity contribution in [3.05, 3.63) is 71.0 Å². The summed E-state index contributed by atoms with van der Waals surface area (Å²) < 4.78 is 53.6. The van der Waals surface area contributed by atoms with Crippen molar-refractivity contribution in [2.24, 2.45) is 5.92 Å². The minimum atomic E-state index is -4.75. The van der Waals surface area contributed by atoms with Gasteiger partial charge in [-0.15, -0.1) is 0 Å². The number of carbonyl (C=O) groups is 3. The average molecular weight is 473 g/mol. The van der Waals surface area contributed by atoms with Gasteiger partial charge in [-0.3, -0.25) is 14.4 Å². The van der Waals surface area contributed by atoms with E-state index in [9.17, 15) is 37.2 Å². The minimum Gasteiger partial charge on any atom is -0.336 e. The number of likely N-dealkylation sites (tertiary alicyclic amines) is 1. The Morgan fingerprint density at radius 3 is 2.29 bits per heavy atom. The first-order valence-corrected chi connectivity index (χ1v) is 10.5. The predicted molar refractivity (Wildman–Crippen MR) is 111 cm³/mol. The molecule has 6 nitrogen and oxygen atoms in total. The third kappa shape index (κ3) is 4.51. The van der Waals surface area contributed by atoms with Crippen LogP contribution in [-0.2, 0) is 11.0 Å². The number of halogens is 4. The van der Waals surface area contributed by atoms with E-state index in [-0.39, 0.29) is 18.5 Å². The summed E-state index contributed by atoms with van der Waals surface area (Å²) in [4.78, 5) is 40.3. The van der Waals surface area contributed by atoms with Crippen LogP contribution in [0.15, 0.2) is 48.5 Å². The molecular weight excluding hydrogens is 454 g/mol. The normalized spacial score (nSPS) is 21.0. The van der Waals surface area contributed by atoms with Crippen LogP contribution in [0.2, 0.25) is 0 Å². The number of alkyl halides is 3. The molecule has 34 heavy (non-hydrogen) atoms. The van der Waals surface area contributed by atoms with E-state index in [1.54, 1.807) is 0 Å². The predicted octanol–water partition coefficient (Wildman–Crippen LogP) is 3.73.